The number of amides is 5. The van der Waals surface area contributed by atoms with E-state index in [4.69, 9.17) is 14.6 Å². The SMILES string of the molecule is CC[C@H](C)[C@@H]([C@@H](CC(=O)N1CCC[C@H]1[C@H](OC)[C@@H](C)C(=O)N[C@@H](Cc1ccccc1)c1nc(C(=O)NCCO)cs1)OC)N(C)C(=O)[C@@H](NC(=O)[C@H](C(C)C)N(C)C)C(C)C. The summed E-state index contributed by atoms with van der Waals surface area (Å²) in [6.07, 6.45) is 1.24. The summed E-state index contributed by atoms with van der Waals surface area (Å²) in [5, 5.41) is 20.2. The number of methoxy groups -OCH3 is 2. The van der Waals surface area contributed by atoms with Crippen molar-refractivity contribution in [1.29, 1.82) is 0 Å². The van der Waals surface area contributed by atoms with Crippen LogP contribution in [-0.4, -0.2) is 146 Å². The van der Waals surface area contributed by atoms with E-state index in [9.17, 15) is 24.0 Å². The van der Waals surface area contributed by atoms with Gasteiger partial charge in [-0.3, -0.25) is 28.9 Å². The van der Waals surface area contributed by atoms with E-state index in [0.29, 0.717) is 24.4 Å². The highest BCUT2D eigenvalue weighted by Crippen LogP contribution is 2.31. The molecule has 1 aromatic carbocycles. The fourth-order valence-electron chi connectivity index (χ4n) is 8.58. The van der Waals surface area contributed by atoms with Crippen LogP contribution in [0.2, 0.25) is 0 Å². The Morgan fingerprint density at radius 2 is 1.62 bits per heavy atom. The lowest BCUT2D eigenvalue weighted by molar-refractivity contribution is -0.148. The summed E-state index contributed by atoms with van der Waals surface area (Å²) in [6, 6.07) is 7.09. The Kier molecular flexibility index (Phi) is 20.7. The second-order valence-electron chi connectivity index (χ2n) is 17.3. The van der Waals surface area contributed by atoms with Gasteiger partial charge in [0.1, 0.15) is 16.7 Å². The molecule has 1 aliphatic rings. The predicted molar refractivity (Wildman–Crippen MR) is 238 cm³/mol. The quantitative estimate of drug-likeness (QED) is 0.121. The first-order valence-corrected chi connectivity index (χ1v) is 22.6. The van der Waals surface area contributed by atoms with Crippen molar-refractivity contribution in [3.05, 3.63) is 52.0 Å². The van der Waals surface area contributed by atoms with E-state index < -0.39 is 54.2 Å². The molecule has 0 saturated carbocycles. The molecule has 61 heavy (non-hydrogen) atoms. The molecule has 15 nitrogen and oxygen atoms in total. The van der Waals surface area contributed by atoms with Crippen LogP contribution in [0, 0.1) is 23.7 Å². The van der Waals surface area contributed by atoms with Gasteiger partial charge in [0.2, 0.25) is 23.6 Å². The molecule has 342 valence electrons. The molecule has 2 aromatic rings. The number of hydrogen-bond acceptors (Lipinski definition) is 11. The average molecular weight is 872 g/mol. The average Bonchev–Trinajstić information content (AvgIpc) is 3.92. The Bertz CT molecular complexity index is 1700. The highest BCUT2D eigenvalue weighted by Gasteiger charge is 2.43. The lowest BCUT2D eigenvalue weighted by Gasteiger charge is -2.41. The second kappa shape index (κ2) is 24.6. The van der Waals surface area contributed by atoms with Gasteiger partial charge in [-0.05, 0) is 56.7 Å². The summed E-state index contributed by atoms with van der Waals surface area (Å²) in [6.45, 7) is 14.0. The van der Waals surface area contributed by atoms with Crippen molar-refractivity contribution in [3.63, 3.8) is 0 Å². The smallest absolute Gasteiger partial charge is 0.270 e. The van der Waals surface area contributed by atoms with Crippen LogP contribution in [0.5, 0.6) is 0 Å². The zero-order valence-corrected chi connectivity index (χ0v) is 39.3. The first-order valence-electron chi connectivity index (χ1n) is 21.7. The minimum atomic E-state index is -0.780. The molecular weight excluding hydrogens is 799 g/mol. The lowest BCUT2D eigenvalue weighted by atomic mass is 9.89. The maximum atomic E-state index is 14.4. The number of aliphatic hydroxyl groups excluding tert-OH is 1. The third-order valence-electron chi connectivity index (χ3n) is 12.0. The highest BCUT2D eigenvalue weighted by atomic mass is 32.1. The molecule has 0 aliphatic carbocycles. The van der Waals surface area contributed by atoms with Gasteiger partial charge in [-0.2, -0.15) is 0 Å². The van der Waals surface area contributed by atoms with Crippen LogP contribution < -0.4 is 16.0 Å². The van der Waals surface area contributed by atoms with Crippen LogP contribution in [0.4, 0.5) is 0 Å². The number of likely N-dealkylation sites (N-methyl/N-ethyl adjacent to an activating group) is 2. The number of aliphatic hydroxyl groups is 1. The van der Waals surface area contributed by atoms with Gasteiger partial charge in [0.25, 0.3) is 5.91 Å². The number of hydrogen-bond donors (Lipinski definition) is 4. The maximum Gasteiger partial charge on any atom is 0.270 e. The summed E-state index contributed by atoms with van der Waals surface area (Å²) >= 11 is 1.27. The summed E-state index contributed by atoms with van der Waals surface area (Å²) < 4.78 is 12.1. The van der Waals surface area contributed by atoms with Crippen LogP contribution in [0.1, 0.15) is 101 Å². The zero-order chi connectivity index (χ0) is 45.6. The van der Waals surface area contributed by atoms with E-state index in [1.54, 1.807) is 43.4 Å². The largest absolute Gasteiger partial charge is 0.395 e. The van der Waals surface area contributed by atoms with Gasteiger partial charge in [0, 0.05) is 39.7 Å². The Balaban J connectivity index is 1.82. The Hall–Kier alpha value is -3.96. The predicted octanol–water partition coefficient (Wildman–Crippen LogP) is 3.91. The molecule has 1 aromatic heterocycles. The number of carbonyl (C=O) groups excluding carboxylic acids is 5. The van der Waals surface area contributed by atoms with Gasteiger partial charge in [-0.15, -0.1) is 11.3 Å². The lowest BCUT2D eigenvalue weighted by Crippen LogP contribution is -2.59. The number of rotatable bonds is 24. The van der Waals surface area contributed by atoms with Gasteiger partial charge in [0.05, 0.1) is 55.3 Å². The van der Waals surface area contributed by atoms with Crippen LogP contribution >= 0.6 is 11.3 Å². The standard InChI is InChI=1S/C45H73N7O8S/c1-13-29(6)39(51(10)45(58)37(27(2)3)49-43(57)38(28(4)5)50(8)9)35(59-11)25-36(54)52-22-17-20-34(52)40(60-12)30(7)41(55)47-32(24-31-18-15-14-16-19-31)44-48-33(26-61-44)42(56)46-21-23-53/h14-16,18-19,26-30,32,34-35,37-40,53H,13,17,20-25H2,1-12H3,(H,46,56)(H,47,55)(H,49,57)/t29-,30+,32-,34-,35+,37-,38-,39-,40+/m0/s1. The molecular formula is C45H73N7O8S. The molecule has 5 amide bonds. The number of nitrogens with zero attached hydrogens (tertiary/aromatic N) is 4. The highest BCUT2D eigenvalue weighted by molar-refractivity contribution is 7.09. The molecule has 0 spiro atoms. The molecule has 1 saturated heterocycles. The third-order valence-corrected chi connectivity index (χ3v) is 13.0. The number of likely N-dealkylation sites (tertiary alicyclic amines) is 1. The van der Waals surface area contributed by atoms with Crippen LogP contribution in [0.15, 0.2) is 35.7 Å². The molecule has 4 N–H and O–H groups in total. The molecule has 16 heteroatoms. The van der Waals surface area contributed by atoms with E-state index in [1.165, 1.54) is 11.3 Å². The fourth-order valence-corrected chi connectivity index (χ4v) is 9.43. The minimum absolute atomic E-state index is 0.00279. The third kappa shape index (κ3) is 13.8. The van der Waals surface area contributed by atoms with Crippen LogP contribution in [-0.2, 0) is 35.1 Å². The Morgan fingerprint density at radius 3 is 2.18 bits per heavy atom. The zero-order valence-electron chi connectivity index (χ0n) is 38.5. The Labute approximate surface area is 367 Å². The van der Waals surface area contributed by atoms with E-state index in [0.717, 1.165) is 18.4 Å². The number of carbonyl (C=O) groups is 5. The maximum absolute atomic E-state index is 14.4. The molecule has 1 aliphatic heterocycles. The molecule has 0 unspecified atom stereocenters. The van der Waals surface area contributed by atoms with Crippen molar-refractivity contribution in [2.75, 3.05) is 55.1 Å². The number of thiazole rings is 1. The van der Waals surface area contributed by atoms with E-state index >= 15 is 0 Å². The molecule has 9 atom stereocenters. The fraction of sp³-hybridized carbons (Fsp3) is 0.689. The number of ether oxygens (including phenoxy) is 2. The summed E-state index contributed by atoms with van der Waals surface area (Å²) in [5.74, 6) is -2.18. The van der Waals surface area contributed by atoms with Gasteiger partial charge in [0.15, 0.2) is 0 Å². The Morgan fingerprint density at radius 1 is 0.951 bits per heavy atom. The van der Waals surface area contributed by atoms with E-state index in [1.807, 2.05) is 90.9 Å². The van der Waals surface area contributed by atoms with Gasteiger partial charge in [-0.25, -0.2) is 4.98 Å². The van der Waals surface area contributed by atoms with Crippen molar-refractivity contribution in [2.24, 2.45) is 23.7 Å². The van der Waals surface area contributed by atoms with Crippen molar-refractivity contribution in [1.82, 2.24) is 35.6 Å². The molecule has 0 bridgehead atoms. The van der Waals surface area contributed by atoms with Gasteiger partial charge < -0.3 is 40.3 Å². The molecule has 0 radical (unpaired) electrons. The number of aromatic nitrogens is 1. The van der Waals surface area contributed by atoms with Crippen molar-refractivity contribution >= 4 is 40.9 Å². The van der Waals surface area contributed by atoms with Gasteiger partial charge >= 0.3 is 0 Å². The summed E-state index contributed by atoms with van der Waals surface area (Å²) in [7, 11) is 8.55. The van der Waals surface area contributed by atoms with E-state index in [-0.39, 0.29) is 66.6 Å². The van der Waals surface area contributed by atoms with Crippen LogP contribution in [0.25, 0.3) is 0 Å². The van der Waals surface area contributed by atoms with Crippen molar-refractivity contribution < 1.29 is 38.6 Å². The second-order valence-corrected chi connectivity index (χ2v) is 18.2. The minimum Gasteiger partial charge on any atom is -0.395 e. The number of benzene rings is 1. The van der Waals surface area contributed by atoms with Crippen molar-refractivity contribution in [3.8, 4) is 0 Å². The summed E-state index contributed by atoms with van der Waals surface area (Å²) in [4.78, 5) is 78.9. The van der Waals surface area contributed by atoms with Gasteiger partial charge in [-0.1, -0.05) is 85.2 Å². The van der Waals surface area contributed by atoms with Crippen molar-refractivity contribution in [2.45, 2.75) is 123 Å². The molecule has 3 rings (SSSR count). The molecule has 1 fully saturated rings. The molecule has 2 heterocycles. The summed E-state index contributed by atoms with van der Waals surface area (Å²) in [5.41, 5.74) is 1.18. The normalized spacial score (nSPS) is 18.2. The first kappa shape index (κ1) is 51.4. The first-order chi connectivity index (χ1) is 28.9. The number of nitrogens with one attached hydrogen (secondary N) is 3. The van der Waals surface area contributed by atoms with E-state index in [2.05, 4.69) is 20.9 Å². The monoisotopic (exact) mass is 872 g/mol. The topological polar surface area (TPSA) is 183 Å². The van der Waals surface area contributed by atoms with Crippen LogP contribution in [0.3, 0.4) is 0 Å².